The fraction of sp³-hybridized carbons (Fsp3) is 0.462. The molecule has 3 heteroatoms. The molecule has 2 rings (SSSR count). The third kappa shape index (κ3) is 1.67. The molecule has 2 atom stereocenters. The Kier molecular flexibility index (Phi) is 2.82. The van der Waals surface area contributed by atoms with Gasteiger partial charge in [-0.05, 0) is 30.0 Å². The second-order valence-corrected chi connectivity index (χ2v) is 5.71. The largest absolute Gasteiger partial charge is 0.481 e. The van der Waals surface area contributed by atoms with Crippen LogP contribution in [0, 0.1) is 11.8 Å². The van der Waals surface area contributed by atoms with Crippen LogP contribution in [0.15, 0.2) is 28.7 Å². The molecule has 1 aromatic carbocycles. The van der Waals surface area contributed by atoms with Gasteiger partial charge in [0.25, 0.3) is 0 Å². The molecule has 1 aliphatic carbocycles. The van der Waals surface area contributed by atoms with Gasteiger partial charge >= 0.3 is 5.97 Å². The molecule has 0 spiro atoms. The number of carboxylic acids is 1. The normalized spacial score (nSPS) is 28.1. The van der Waals surface area contributed by atoms with Crippen LogP contribution >= 0.6 is 15.9 Å². The summed E-state index contributed by atoms with van der Waals surface area (Å²) < 4.78 is 1.03. The minimum atomic E-state index is -0.670. The van der Waals surface area contributed by atoms with Gasteiger partial charge in [0.15, 0.2) is 0 Å². The van der Waals surface area contributed by atoms with E-state index >= 15 is 0 Å². The first-order valence-electron chi connectivity index (χ1n) is 5.47. The summed E-state index contributed by atoms with van der Waals surface area (Å²) >= 11 is 3.40. The maximum absolute atomic E-state index is 11.1. The zero-order valence-electron chi connectivity index (χ0n) is 9.40. The van der Waals surface area contributed by atoms with E-state index in [0.29, 0.717) is 5.92 Å². The molecule has 1 aliphatic rings. The first-order chi connectivity index (χ1) is 7.48. The topological polar surface area (TPSA) is 37.3 Å². The molecule has 0 amide bonds. The number of carboxylic acid groups (broad SMARTS) is 1. The van der Waals surface area contributed by atoms with E-state index < -0.39 is 5.97 Å². The maximum atomic E-state index is 11.1. The van der Waals surface area contributed by atoms with Gasteiger partial charge in [-0.15, -0.1) is 0 Å². The predicted octanol–water partition coefficient (Wildman–Crippen LogP) is 3.45. The lowest BCUT2D eigenvalue weighted by molar-refractivity contribution is -0.139. The van der Waals surface area contributed by atoms with Gasteiger partial charge in [0.1, 0.15) is 0 Å². The summed E-state index contributed by atoms with van der Waals surface area (Å²) in [5.41, 5.74) is 1.00. The molecule has 86 valence electrons. The van der Waals surface area contributed by atoms with E-state index in [9.17, 15) is 4.79 Å². The fourth-order valence-corrected chi connectivity index (χ4v) is 2.90. The number of hydrogen-bond acceptors (Lipinski definition) is 1. The van der Waals surface area contributed by atoms with Gasteiger partial charge in [-0.25, -0.2) is 0 Å². The van der Waals surface area contributed by atoms with E-state index in [2.05, 4.69) is 29.8 Å². The molecular formula is C13H15BrO2. The van der Waals surface area contributed by atoms with E-state index in [1.54, 1.807) is 0 Å². The van der Waals surface area contributed by atoms with Crippen molar-refractivity contribution < 1.29 is 9.90 Å². The lowest BCUT2D eigenvalue weighted by Gasteiger charge is -2.21. The Morgan fingerprint density at radius 1 is 1.44 bits per heavy atom. The van der Waals surface area contributed by atoms with Crippen molar-refractivity contribution in [1.82, 2.24) is 0 Å². The number of rotatable bonds is 3. The lowest BCUT2D eigenvalue weighted by atomic mass is 9.83. The third-order valence-corrected chi connectivity index (χ3v) is 4.24. The first kappa shape index (κ1) is 11.6. The molecule has 0 aromatic heterocycles. The Balaban J connectivity index is 2.36. The highest BCUT2D eigenvalue weighted by Gasteiger charge is 2.61. The average molecular weight is 283 g/mol. The summed E-state index contributed by atoms with van der Waals surface area (Å²) in [7, 11) is 0. The predicted molar refractivity (Wildman–Crippen MR) is 66.4 cm³/mol. The summed E-state index contributed by atoms with van der Waals surface area (Å²) in [5.74, 6) is -0.528. The van der Waals surface area contributed by atoms with Crippen LogP contribution in [0.1, 0.15) is 25.8 Å². The van der Waals surface area contributed by atoms with Gasteiger partial charge in [-0.3, -0.25) is 4.79 Å². The molecule has 1 unspecified atom stereocenters. The highest BCUT2D eigenvalue weighted by molar-refractivity contribution is 9.10. The average Bonchev–Trinajstić information content (AvgIpc) is 2.95. The van der Waals surface area contributed by atoms with Gasteiger partial charge in [0, 0.05) is 9.89 Å². The summed E-state index contributed by atoms with van der Waals surface area (Å²) in [6.45, 7) is 4.20. The van der Waals surface area contributed by atoms with Gasteiger partial charge < -0.3 is 5.11 Å². The van der Waals surface area contributed by atoms with Crippen molar-refractivity contribution in [3.63, 3.8) is 0 Å². The van der Waals surface area contributed by atoms with Crippen molar-refractivity contribution >= 4 is 21.9 Å². The molecule has 0 saturated heterocycles. The van der Waals surface area contributed by atoms with Crippen LogP contribution in [-0.4, -0.2) is 11.1 Å². The Hall–Kier alpha value is -0.830. The molecular weight excluding hydrogens is 268 g/mol. The Bertz CT molecular complexity index is 410. The standard InChI is InChI=1S/C13H15BrO2/c1-8(2)13(7-11(13)12(15)16)9-3-5-10(14)6-4-9/h3-6,8,11H,7H2,1-2H3,(H,15,16)/t11-,13?/m0/s1. The van der Waals surface area contributed by atoms with Crippen LogP contribution in [0.2, 0.25) is 0 Å². The van der Waals surface area contributed by atoms with Crippen LogP contribution < -0.4 is 0 Å². The van der Waals surface area contributed by atoms with Gasteiger partial charge in [0.05, 0.1) is 5.92 Å². The number of hydrogen-bond donors (Lipinski definition) is 1. The Morgan fingerprint density at radius 3 is 2.38 bits per heavy atom. The molecule has 1 saturated carbocycles. The van der Waals surface area contributed by atoms with Crippen molar-refractivity contribution in [3.8, 4) is 0 Å². The number of benzene rings is 1. The van der Waals surface area contributed by atoms with E-state index in [1.165, 1.54) is 0 Å². The van der Waals surface area contributed by atoms with Crippen molar-refractivity contribution in [2.24, 2.45) is 11.8 Å². The molecule has 16 heavy (non-hydrogen) atoms. The SMILES string of the molecule is CC(C)C1(c2ccc(Br)cc2)C[C@H]1C(=O)O. The quantitative estimate of drug-likeness (QED) is 0.922. The lowest BCUT2D eigenvalue weighted by Crippen LogP contribution is -2.21. The first-order valence-corrected chi connectivity index (χ1v) is 6.26. The Labute approximate surface area is 104 Å². The zero-order valence-corrected chi connectivity index (χ0v) is 11.0. The monoisotopic (exact) mass is 282 g/mol. The van der Waals surface area contributed by atoms with Crippen molar-refractivity contribution in [2.45, 2.75) is 25.7 Å². The number of carbonyl (C=O) groups is 1. The molecule has 0 aliphatic heterocycles. The number of aliphatic carboxylic acids is 1. The van der Waals surface area contributed by atoms with Crippen molar-refractivity contribution in [2.75, 3.05) is 0 Å². The van der Waals surface area contributed by atoms with Crippen LogP contribution in [-0.2, 0) is 10.2 Å². The Morgan fingerprint density at radius 2 is 2.00 bits per heavy atom. The van der Waals surface area contributed by atoms with Crippen LogP contribution in [0.4, 0.5) is 0 Å². The minimum absolute atomic E-state index is 0.146. The van der Waals surface area contributed by atoms with E-state index in [-0.39, 0.29) is 11.3 Å². The van der Waals surface area contributed by atoms with Gasteiger partial charge in [-0.1, -0.05) is 41.9 Å². The van der Waals surface area contributed by atoms with Crippen molar-refractivity contribution in [3.05, 3.63) is 34.3 Å². The molecule has 1 N–H and O–H groups in total. The van der Waals surface area contributed by atoms with Crippen LogP contribution in [0.3, 0.4) is 0 Å². The zero-order chi connectivity index (χ0) is 11.9. The van der Waals surface area contributed by atoms with Gasteiger partial charge in [-0.2, -0.15) is 0 Å². The molecule has 0 heterocycles. The van der Waals surface area contributed by atoms with E-state index in [0.717, 1.165) is 16.5 Å². The maximum Gasteiger partial charge on any atom is 0.307 e. The summed E-state index contributed by atoms with van der Waals surface area (Å²) in [6.07, 6.45) is 0.766. The molecule has 1 aromatic rings. The van der Waals surface area contributed by atoms with E-state index in [4.69, 9.17) is 5.11 Å². The molecule has 1 fully saturated rings. The molecule has 0 radical (unpaired) electrons. The highest BCUT2D eigenvalue weighted by atomic mass is 79.9. The van der Waals surface area contributed by atoms with Crippen LogP contribution in [0.25, 0.3) is 0 Å². The second-order valence-electron chi connectivity index (χ2n) is 4.80. The van der Waals surface area contributed by atoms with Crippen LogP contribution in [0.5, 0.6) is 0 Å². The fourth-order valence-electron chi connectivity index (χ4n) is 2.64. The van der Waals surface area contributed by atoms with Gasteiger partial charge in [0.2, 0.25) is 0 Å². The second kappa shape index (κ2) is 3.88. The summed E-state index contributed by atoms with van der Waals surface area (Å²) in [6, 6.07) is 8.04. The highest BCUT2D eigenvalue weighted by Crippen LogP contribution is 2.59. The minimum Gasteiger partial charge on any atom is -0.481 e. The molecule has 0 bridgehead atoms. The number of halogens is 1. The third-order valence-electron chi connectivity index (χ3n) is 3.71. The van der Waals surface area contributed by atoms with E-state index in [1.807, 2.05) is 24.3 Å². The van der Waals surface area contributed by atoms with Crippen molar-refractivity contribution in [1.29, 1.82) is 0 Å². The summed E-state index contributed by atoms with van der Waals surface area (Å²) in [4.78, 5) is 11.1. The smallest absolute Gasteiger partial charge is 0.307 e. The summed E-state index contributed by atoms with van der Waals surface area (Å²) in [5, 5.41) is 9.14. The molecule has 2 nitrogen and oxygen atoms in total.